The maximum absolute atomic E-state index is 9.53. The van der Waals surface area contributed by atoms with Crippen LogP contribution in [0.15, 0.2) is 59.6 Å². The van der Waals surface area contributed by atoms with E-state index in [-0.39, 0.29) is 5.41 Å². The van der Waals surface area contributed by atoms with Gasteiger partial charge in [0.1, 0.15) is 5.76 Å². The molecule has 2 heterocycles. The Hall–Kier alpha value is -1.74. The van der Waals surface area contributed by atoms with E-state index in [1.807, 2.05) is 53.7 Å². The quantitative estimate of drug-likeness (QED) is 0.308. The zero-order valence-electron chi connectivity index (χ0n) is 25.0. The van der Waals surface area contributed by atoms with Crippen molar-refractivity contribution in [3.05, 3.63) is 59.6 Å². The Kier molecular flexibility index (Phi) is 21.8. The first-order valence-electron chi connectivity index (χ1n) is 14.0. The predicted octanol–water partition coefficient (Wildman–Crippen LogP) is 9.80. The van der Waals surface area contributed by atoms with Crippen LogP contribution in [0.5, 0.6) is 0 Å². The third-order valence-electron chi connectivity index (χ3n) is 6.42. The second-order valence-corrected chi connectivity index (χ2v) is 9.77. The van der Waals surface area contributed by atoms with Gasteiger partial charge in [0.2, 0.25) is 0 Å². The van der Waals surface area contributed by atoms with Crippen molar-refractivity contribution in [3.8, 4) is 0 Å². The Morgan fingerprint density at radius 3 is 2.17 bits per heavy atom. The highest BCUT2D eigenvalue weighted by atomic mass is 16.5. The molecule has 2 unspecified atom stereocenters. The van der Waals surface area contributed by atoms with Crippen LogP contribution in [-0.4, -0.2) is 36.2 Å². The molecule has 3 heteroatoms. The number of aliphatic hydroxyl groups excluding tert-OH is 1. The van der Waals surface area contributed by atoms with Crippen LogP contribution >= 0.6 is 0 Å². The van der Waals surface area contributed by atoms with E-state index < -0.39 is 0 Å². The zero-order chi connectivity index (χ0) is 27.3. The number of ether oxygens (including phenoxy) is 1. The van der Waals surface area contributed by atoms with Crippen molar-refractivity contribution in [1.29, 1.82) is 0 Å². The first kappa shape index (κ1) is 35.4. The zero-order valence-corrected chi connectivity index (χ0v) is 25.0. The highest BCUT2D eigenvalue weighted by Gasteiger charge is 2.33. The van der Waals surface area contributed by atoms with E-state index in [1.54, 1.807) is 0 Å². The molecule has 1 fully saturated rings. The molecule has 0 aliphatic carbocycles. The average molecular weight is 490 g/mol. The van der Waals surface area contributed by atoms with Crippen LogP contribution in [0, 0.1) is 11.3 Å². The van der Waals surface area contributed by atoms with E-state index in [1.165, 1.54) is 38.5 Å². The fraction of sp³-hybridized carbons (Fsp3) is 0.688. The van der Waals surface area contributed by atoms with E-state index >= 15 is 0 Å². The Morgan fingerprint density at radius 2 is 1.69 bits per heavy atom. The topological polar surface area (TPSA) is 32.7 Å². The summed E-state index contributed by atoms with van der Waals surface area (Å²) in [5.74, 6) is 1.63. The van der Waals surface area contributed by atoms with E-state index in [2.05, 4.69) is 51.3 Å². The van der Waals surface area contributed by atoms with Crippen LogP contribution in [0.4, 0.5) is 0 Å². The van der Waals surface area contributed by atoms with Crippen molar-refractivity contribution >= 4 is 0 Å². The molecule has 0 saturated carbocycles. The minimum atomic E-state index is 0.130. The third kappa shape index (κ3) is 14.4. The molecule has 35 heavy (non-hydrogen) atoms. The van der Waals surface area contributed by atoms with Gasteiger partial charge in [0.05, 0.1) is 12.9 Å². The van der Waals surface area contributed by atoms with Gasteiger partial charge in [-0.2, -0.15) is 0 Å². The van der Waals surface area contributed by atoms with Crippen molar-refractivity contribution in [2.75, 3.05) is 26.2 Å². The molecule has 2 atom stereocenters. The lowest BCUT2D eigenvalue weighted by molar-refractivity contribution is 0.0695. The van der Waals surface area contributed by atoms with E-state index in [0.29, 0.717) is 5.92 Å². The van der Waals surface area contributed by atoms with Gasteiger partial charge in [-0.1, -0.05) is 65.3 Å². The molecule has 2 rings (SSSR count). The molecule has 1 saturated heterocycles. The number of nitrogens with zero attached hydrogens (tertiary/aromatic N) is 1. The van der Waals surface area contributed by atoms with Crippen molar-refractivity contribution in [2.24, 2.45) is 11.3 Å². The van der Waals surface area contributed by atoms with Gasteiger partial charge in [-0.25, -0.2) is 0 Å². The van der Waals surface area contributed by atoms with Gasteiger partial charge in [0.25, 0.3) is 0 Å². The second kappa shape index (κ2) is 21.5. The fourth-order valence-corrected chi connectivity index (χ4v) is 4.12. The SMILES string of the molecule is C/C=C\C.C=CC1CCCN(CC2(C)CCC(C(/C)=C/O)=C(/C(C)=C/C)OC2)CC1.CC.CCC. The Bertz CT molecular complexity index is 633. The van der Waals surface area contributed by atoms with E-state index in [9.17, 15) is 5.11 Å². The van der Waals surface area contributed by atoms with E-state index in [0.717, 1.165) is 55.0 Å². The van der Waals surface area contributed by atoms with Gasteiger partial charge in [-0.15, -0.1) is 6.58 Å². The molecule has 3 nitrogen and oxygen atoms in total. The summed E-state index contributed by atoms with van der Waals surface area (Å²) in [6.07, 6.45) is 16.5. The van der Waals surface area contributed by atoms with Gasteiger partial charge >= 0.3 is 0 Å². The molecule has 0 radical (unpaired) electrons. The van der Waals surface area contributed by atoms with Crippen LogP contribution in [0.3, 0.4) is 0 Å². The maximum atomic E-state index is 9.53. The lowest BCUT2D eigenvalue weighted by Crippen LogP contribution is -2.39. The lowest BCUT2D eigenvalue weighted by atomic mass is 9.83. The van der Waals surface area contributed by atoms with Gasteiger partial charge < -0.3 is 14.7 Å². The molecule has 2 aliphatic rings. The molecule has 0 aromatic carbocycles. The smallest absolute Gasteiger partial charge is 0.125 e. The van der Waals surface area contributed by atoms with Gasteiger partial charge in [-0.05, 0) is 96.9 Å². The first-order valence-corrected chi connectivity index (χ1v) is 14.0. The summed E-state index contributed by atoms with van der Waals surface area (Å²) in [6.45, 7) is 28.8. The molecule has 0 bridgehead atoms. The monoisotopic (exact) mass is 489 g/mol. The molecule has 0 spiro atoms. The third-order valence-corrected chi connectivity index (χ3v) is 6.42. The molecule has 0 aromatic heterocycles. The van der Waals surface area contributed by atoms with Crippen LogP contribution in [0.2, 0.25) is 0 Å². The summed E-state index contributed by atoms with van der Waals surface area (Å²) in [5, 5.41) is 9.53. The van der Waals surface area contributed by atoms with Gasteiger partial charge in [0.15, 0.2) is 0 Å². The van der Waals surface area contributed by atoms with Crippen LogP contribution in [0.1, 0.15) is 108 Å². The van der Waals surface area contributed by atoms with Crippen LogP contribution < -0.4 is 0 Å². The van der Waals surface area contributed by atoms with Crippen molar-refractivity contribution < 1.29 is 9.84 Å². The standard InChI is InChI=1S/C23H37NO2.C4H8.C3H8.C2H6/c1-6-18(3)22-21(19(4)15-25)10-12-23(5,17-26-22)16-24-13-8-9-20(7-2)11-14-24;1-3-4-2;1-3-2;1-2/h6-7,15,20,25H,2,8-14,16-17H2,1,3-5H3;3-4H,1-2H3;3H2,1-2H3;1-2H3/b18-6+,19-15+;4-3-;;. The van der Waals surface area contributed by atoms with Crippen LogP contribution in [-0.2, 0) is 4.74 Å². The van der Waals surface area contributed by atoms with Crippen molar-refractivity contribution in [3.63, 3.8) is 0 Å². The Morgan fingerprint density at radius 1 is 1.09 bits per heavy atom. The van der Waals surface area contributed by atoms with E-state index in [4.69, 9.17) is 4.74 Å². The summed E-state index contributed by atoms with van der Waals surface area (Å²) in [5.41, 5.74) is 3.34. The summed E-state index contributed by atoms with van der Waals surface area (Å²) >= 11 is 0. The molecule has 1 N–H and O–H groups in total. The number of likely N-dealkylation sites (tertiary alicyclic amines) is 1. The molecule has 0 amide bonds. The molecular formula is C32H59NO2. The predicted molar refractivity (Wildman–Crippen MR) is 158 cm³/mol. The minimum Gasteiger partial charge on any atom is -0.515 e. The van der Waals surface area contributed by atoms with Crippen molar-refractivity contribution in [2.45, 2.75) is 108 Å². The summed E-state index contributed by atoms with van der Waals surface area (Å²) in [6, 6.07) is 0. The van der Waals surface area contributed by atoms with Gasteiger partial charge in [0, 0.05) is 17.5 Å². The van der Waals surface area contributed by atoms with Crippen LogP contribution in [0.25, 0.3) is 0 Å². The molecule has 204 valence electrons. The average Bonchev–Trinajstić information content (AvgIpc) is 3.21. The summed E-state index contributed by atoms with van der Waals surface area (Å²) in [7, 11) is 0. The first-order chi connectivity index (χ1) is 16.7. The number of hydrogen-bond acceptors (Lipinski definition) is 3. The maximum Gasteiger partial charge on any atom is 0.125 e. The highest BCUT2D eigenvalue weighted by molar-refractivity contribution is 5.40. The molecule has 0 aromatic rings. The Labute approximate surface area is 219 Å². The van der Waals surface area contributed by atoms with Crippen molar-refractivity contribution in [1.82, 2.24) is 4.90 Å². The molecule has 2 aliphatic heterocycles. The second-order valence-electron chi connectivity index (χ2n) is 9.77. The number of rotatable bonds is 5. The molecular weight excluding hydrogens is 430 g/mol. The number of allylic oxidation sites excluding steroid dienone is 7. The normalized spacial score (nSPS) is 23.9. The highest BCUT2D eigenvalue weighted by Crippen LogP contribution is 2.37. The number of aliphatic hydroxyl groups is 1. The minimum absolute atomic E-state index is 0.130. The summed E-state index contributed by atoms with van der Waals surface area (Å²) < 4.78 is 6.34. The fourth-order valence-electron chi connectivity index (χ4n) is 4.12. The summed E-state index contributed by atoms with van der Waals surface area (Å²) in [4.78, 5) is 2.62. The van der Waals surface area contributed by atoms with Gasteiger partial charge in [-0.3, -0.25) is 0 Å². The lowest BCUT2D eigenvalue weighted by Gasteiger charge is -2.34. The Balaban J connectivity index is 0. The largest absolute Gasteiger partial charge is 0.515 e. The number of hydrogen-bond donors (Lipinski definition) is 1.